The fourth-order valence-electron chi connectivity index (χ4n) is 2.73. The Morgan fingerprint density at radius 2 is 1.94 bits per heavy atom. The molecule has 6 heteroatoms. The Morgan fingerprint density at radius 3 is 2.53 bits per heavy atom. The SMILES string of the molecule is CC1=NC(N2CC3CNCC3C2)=NC(=O)C1F. The third-order valence-electron chi connectivity index (χ3n) is 3.74. The van der Waals surface area contributed by atoms with Gasteiger partial charge in [0.25, 0.3) is 5.91 Å². The van der Waals surface area contributed by atoms with Crippen LogP contribution in [-0.4, -0.2) is 54.8 Å². The molecule has 0 saturated carbocycles. The lowest BCUT2D eigenvalue weighted by Gasteiger charge is -2.21. The van der Waals surface area contributed by atoms with E-state index >= 15 is 0 Å². The minimum absolute atomic E-state index is 0.218. The van der Waals surface area contributed by atoms with Crippen LogP contribution in [0, 0.1) is 11.8 Å². The topological polar surface area (TPSA) is 57.1 Å². The standard InChI is InChI=1S/C11H15FN4O/c1-6-9(12)10(17)15-11(14-6)16-4-7-2-13-3-8(7)5-16/h7-9,13H,2-5H2,1H3. The maximum Gasteiger partial charge on any atom is 0.289 e. The number of aliphatic imine (C=N–C) groups is 2. The number of amides is 1. The van der Waals surface area contributed by atoms with E-state index in [2.05, 4.69) is 15.3 Å². The maximum atomic E-state index is 13.2. The smallest absolute Gasteiger partial charge is 0.289 e. The average molecular weight is 238 g/mol. The van der Waals surface area contributed by atoms with Crippen LogP contribution < -0.4 is 5.32 Å². The van der Waals surface area contributed by atoms with Crippen molar-refractivity contribution in [3.8, 4) is 0 Å². The van der Waals surface area contributed by atoms with Gasteiger partial charge in [-0.1, -0.05) is 0 Å². The molecule has 0 aromatic carbocycles. The molecule has 1 amide bonds. The summed E-state index contributed by atoms with van der Waals surface area (Å²) in [4.78, 5) is 21.2. The number of hydrogen-bond donors (Lipinski definition) is 1. The normalized spacial score (nSPS) is 36.9. The lowest BCUT2D eigenvalue weighted by molar-refractivity contribution is -0.120. The minimum Gasteiger partial charge on any atom is -0.340 e. The first kappa shape index (κ1) is 10.8. The highest BCUT2D eigenvalue weighted by Gasteiger charge is 2.39. The summed E-state index contributed by atoms with van der Waals surface area (Å²) in [5, 5.41) is 3.34. The molecule has 0 aliphatic carbocycles. The van der Waals surface area contributed by atoms with Crippen molar-refractivity contribution in [3.05, 3.63) is 0 Å². The van der Waals surface area contributed by atoms with E-state index in [1.54, 1.807) is 0 Å². The van der Waals surface area contributed by atoms with Gasteiger partial charge in [-0.3, -0.25) is 4.79 Å². The fraction of sp³-hybridized carbons (Fsp3) is 0.727. The Hall–Kier alpha value is -1.30. The summed E-state index contributed by atoms with van der Waals surface area (Å²) in [6, 6.07) is 0. The molecule has 0 aromatic rings. The van der Waals surface area contributed by atoms with Crippen LogP contribution in [-0.2, 0) is 4.79 Å². The highest BCUT2D eigenvalue weighted by molar-refractivity contribution is 6.16. The zero-order valence-corrected chi connectivity index (χ0v) is 9.69. The largest absolute Gasteiger partial charge is 0.340 e. The Bertz CT molecular complexity index is 408. The van der Waals surface area contributed by atoms with Gasteiger partial charge < -0.3 is 10.2 Å². The van der Waals surface area contributed by atoms with Crippen LogP contribution in [0.15, 0.2) is 9.98 Å². The Labute approximate surface area is 98.8 Å². The second-order valence-electron chi connectivity index (χ2n) is 4.95. The molecule has 3 heterocycles. The number of fused-ring (bicyclic) bond motifs is 1. The van der Waals surface area contributed by atoms with Gasteiger partial charge in [-0.25, -0.2) is 9.38 Å². The number of likely N-dealkylation sites (tertiary alicyclic amines) is 1. The molecule has 17 heavy (non-hydrogen) atoms. The molecule has 3 rings (SSSR count). The number of alkyl halides is 1. The van der Waals surface area contributed by atoms with Crippen LogP contribution >= 0.6 is 0 Å². The van der Waals surface area contributed by atoms with E-state index in [4.69, 9.17) is 0 Å². The summed E-state index contributed by atoms with van der Waals surface area (Å²) in [7, 11) is 0. The number of nitrogens with zero attached hydrogens (tertiary/aromatic N) is 3. The number of hydrogen-bond acceptors (Lipinski definition) is 4. The van der Waals surface area contributed by atoms with Gasteiger partial charge in [0.2, 0.25) is 12.1 Å². The van der Waals surface area contributed by atoms with Crippen molar-refractivity contribution >= 4 is 17.6 Å². The van der Waals surface area contributed by atoms with Crippen LogP contribution in [0.4, 0.5) is 4.39 Å². The molecule has 5 nitrogen and oxygen atoms in total. The first-order valence-electron chi connectivity index (χ1n) is 5.92. The molecule has 0 bridgehead atoms. The number of guanidine groups is 1. The maximum absolute atomic E-state index is 13.2. The number of halogens is 1. The second-order valence-corrected chi connectivity index (χ2v) is 4.95. The van der Waals surface area contributed by atoms with Gasteiger partial charge in [0.05, 0.1) is 5.71 Å². The fourth-order valence-corrected chi connectivity index (χ4v) is 2.73. The van der Waals surface area contributed by atoms with Crippen molar-refractivity contribution in [2.24, 2.45) is 21.8 Å². The molecule has 3 unspecified atom stereocenters. The molecular formula is C11H15FN4O. The van der Waals surface area contributed by atoms with E-state index in [1.165, 1.54) is 6.92 Å². The molecule has 92 valence electrons. The van der Waals surface area contributed by atoms with Crippen LogP contribution in [0.2, 0.25) is 0 Å². The van der Waals surface area contributed by atoms with E-state index < -0.39 is 12.1 Å². The van der Waals surface area contributed by atoms with Crippen molar-refractivity contribution in [2.75, 3.05) is 26.2 Å². The summed E-state index contributed by atoms with van der Waals surface area (Å²) < 4.78 is 13.2. The first-order chi connectivity index (χ1) is 8.15. The molecule has 0 radical (unpaired) electrons. The average Bonchev–Trinajstić information content (AvgIpc) is 2.84. The van der Waals surface area contributed by atoms with E-state index in [-0.39, 0.29) is 5.71 Å². The molecule has 3 aliphatic heterocycles. The number of rotatable bonds is 0. The molecule has 1 N–H and O–H groups in total. The van der Waals surface area contributed by atoms with Crippen molar-refractivity contribution in [3.63, 3.8) is 0 Å². The molecular weight excluding hydrogens is 223 g/mol. The first-order valence-corrected chi connectivity index (χ1v) is 5.92. The Morgan fingerprint density at radius 1 is 1.29 bits per heavy atom. The predicted octanol–water partition coefficient (Wildman–Crippen LogP) is -0.167. The molecule has 2 saturated heterocycles. The lowest BCUT2D eigenvalue weighted by Crippen LogP contribution is -2.37. The van der Waals surface area contributed by atoms with Gasteiger partial charge in [0.15, 0.2) is 0 Å². The van der Waals surface area contributed by atoms with E-state index in [0.29, 0.717) is 17.8 Å². The summed E-state index contributed by atoms with van der Waals surface area (Å²) in [5.41, 5.74) is 0.218. The number of carbonyl (C=O) groups excluding carboxylic acids is 1. The Balaban J connectivity index is 1.78. The van der Waals surface area contributed by atoms with Gasteiger partial charge >= 0.3 is 0 Å². The van der Waals surface area contributed by atoms with E-state index in [1.807, 2.05) is 4.90 Å². The van der Waals surface area contributed by atoms with Crippen molar-refractivity contribution < 1.29 is 9.18 Å². The van der Waals surface area contributed by atoms with Gasteiger partial charge in [0.1, 0.15) is 0 Å². The van der Waals surface area contributed by atoms with E-state index in [0.717, 1.165) is 26.2 Å². The zero-order valence-electron chi connectivity index (χ0n) is 9.69. The van der Waals surface area contributed by atoms with Crippen LogP contribution in [0.1, 0.15) is 6.92 Å². The van der Waals surface area contributed by atoms with Crippen molar-refractivity contribution in [1.29, 1.82) is 0 Å². The number of nitrogens with one attached hydrogen (secondary N) is 1. The molecule has 3 aliphatic rings. The summed E-state index contributed by atoms with van der Waals surface area (Å²) >= 11 is 0. The summed E-state index contributed by atoms with van der Waals surface area (Å²) in [6.07, 6.45) is -1.65. The second kappa shape index (κ2) is 3.87. The van der Waals surface area contributed by atoms with Gasteiger partial charge in [-0.2, -0.15) is 4.99 Å². The van der Waals surface area contributed by atoms with Gasteiger partial charge in [-0.05, 0) is 18.8 Å². The highest BCUT2D eigenvalue weighted by Crippen LogP contribution is 2.27. The van der Waals surface area contributed by atoms with Crippen molar-refractivity contribution in [2.45, 2.75) is 13.1 Å². The van der Waals surface area contributed by atoms with Gasteiger partial charge in [0, 0.05) is 26.2 Å². The highest BCUT2D eigenvalue weighted by atomic mass is 19.1. The van der Waals surface area contributed by atoms with Gasteiger partial charge in [-0.15, -0.1) is 0 Å². The molecule has 0 aromatic heterocycles. The molecule has 2 fully saturated rings. The van der Waals surface area contributed by atoms with E-state index in [9.17, 15) is 9.18 Å². The number of carbonyl (C=O) groups is 1. The van der Waals surface area contributed by atoms with Crippen LogP contribution in [0.3, 0.4) is 0 Å². The zero-order chi connectivity index (χ0) is 12.0. The molecule has 0 spiro atoms. The lowest BCUT2D eigenvalue weighted by atomic mass is 10.0. The molecule has 3 atom stereocenters. The quantitative estimate of drug-likeness (QED) is 0.637. The minimum atomic E-state index is -1.65. The van der Waals surface area contributed by atoms with Crippen LogP contribution in [0.25, 0.3) is 0 Å². The monoisotopic (exact) mass is 238 g/mol. The van der Waals surface area contributed by atoms with Crippen LogP contribution in [0.5, 0.6) is 0 Å². The third-order valence-corrected chi connectivity index (χ3v) is 3.74. The Kier molecular flexibility index (Phi) is 2.47. The predicted molar refractivity (Wildman–Crippen MR) is 61.9 cm³/mol. The van der Waals surface area contributed by atoms with Crippen molar-refractivity contribution in [1.82, 2.24) is 10.2 Å². The summed E-state index contributed by atoms with van der Waals surface area (Å²) in [5.74, 6) is 0.885. The third kappa shape index (κ3) is 1.76. The summed E-state index contributed by atoms with van der Waals surface area (Å²) in [6.45, 7) is 5.28.